The maximum absolute atomic E-state index is 10.1. The second-order valence-electron chi connectivity index (χ2n) is 2.72. The summed E-state index contributed by atoms with van der Waals surface area (Å²) >= 11 is 0. The van der Waals surface area contributed by atoms with Crippen LogP contribution < -0.4 is 5.32 Å². The quantitative estimate of drug-likeness (QED) is 0.366. The maximum atomic E-state index is 10.1. The van der Waals surface area contributed by atoms with Crippen LogP contribution in [0.1, 0.15) is 20.3 Å². The minimum atomic E-state index is 0.240. The Kier molecular flexibility index (Phi) is 6.51. The average molecular weight is 180 g/mol. The molecule has 0 aliphatic heterocycles. The fraction of sp³-hybridized carbons (Fsp3) is 0.400. The number of carbonyl (C=O) groups excluding carboxylic acids is 1. The Balaban J connectivity index is 4.22. The highest BCUT2D eigenvalue weighted by Crippen LogP contribution is 2.02. The molecule has 0 heterocycles. The van der Waals surface area contributed by atoms with Crippen LogP contribution in [0, 0.1) is 11.3 Å². The third kappa shape index (κ3) is 5.84. The molecule has 0 saturated heterocycles. The van der Waals surface area contributed by atoms with Crippen LogP contribution in [-0.2, 0) is 4.79 Å². The summed E-state index contributed by atoms with van der Waals surface area (Å²) in [6, 6.07) is 0. The van der Waals surface area contributed by atoms with Gasteiger partial charge in [-0.2, -0.15) is 0 Å². The molecular weight excluding hydrogens is 164 g/mol. The van der Waals surface area contributed by atoms with Gasteiger partial charge in [0.25, 0.3) is 0 Å². The zero-order valence-corrected chi connectivity index (χ0v) is 8.08. The fourth-order valence-electron chi connectivity index (χ4n) is 0.895. The third-order valence-electron chi connectivity index (χ3n) is 1.50. The topological polar surface area (TPSA) is 53.0 Å². The van der Waals surface area contributed by atoms with Crippen molar-refractivity contribution in [3.63, 3.8) is 0 Å². The highest BCUT2D eigenvalue weighted by molar-refractivity contribution is 5.78. The summed E-state index contributed by atoms with van der Waals surface area (Å²) in [5.74, 6) is 0.240. The molecular formula is C10H16N2O. The van der Waals surface area contributed by atoms with Gasteiger partial charge in [0, 0.05) is 6.21 Å². The van der Waals surface area contributed by atoms with Crippen molar-refractivity contribution in [2.24, 2.45) is 5.92 Å². The predicted molar refractivity (Wildman–Crippen MR) is 54.7 cm³/mol. The van der Waals surface area contributed by atoms with Crippen molar-refractivity contribution < 1.29 is 4.79 Å². The van der Waals surface area contributed by atoms with E-state index in [-0.39, 0.29) is 5.92 Å². The maximum Gasteiger partial charge on any atom is 0.211 e. The molecule has 1 amide bonds. The SMILES string of the molecule is CC/C=C\C(C)/C=C(\C=N)NC=O. The smallest absolute Gasteiger partial charge is 0.211 e. The highest BCUT2D eigenvalue weighted by Gasteiger charge is 1.94. The molecule has 3 heteroatoms. The Morgan fingerprint density at radius 2 is 2.31 bits per heavy atom. The van der Waals surface area contributed by atoms with E-state index >= 15 is 0 Å². The number of amides is 1. The Morgan fingerprint density at radius 3 is 2.77 bits per heavy atom. The monoisotopic (exact) mass is 180 g/mol. The van der Waals surface area contributed by atoms with Crippen LogP contribution in [0.3, 0.4) is 0 Å². The lowest BCUT2D eigenvalue weighted by Gasteiger charge is -2.01. The molecule has 1 unspecified atom stereocenters. The Bertz CT molecular complexity index is 219. The van der Waals surface area contributed by atoms with Crippen LogP contribution in [0.15, 0.2) is 23.9 Å². The average Bonchev–Trinajstić information content (AvgIpc) is 2.14. The van der Waals surface area contributed by atoms with E-state index in [0.29, 0.717) is 12.1 Å². The minimum Gasteiger partial charge on any atom is -0.328 e. The summed E-state index contributed by atoms with van der Waals surface area (Å²) in [5.41, 5.74) is 0.531. The largest absolute Gasteiger partial charge is 0.328 e. The first kappa shape index (κ1) is 11.6. The van der Waals surface area contributed by atoms with Crippen LogP contribution in [0.2, 0.25) is 0 Å². The summed E-state index contributed by atoms with van der Waals surface area (Å²) in [6.07, 6.45) is 8.63. The molecule has 0 rings (SSSR count). The van der Waals surface area contributed by atoms with Gasteiger partial charge in [-0.3, -0.25) is 4.79 Å². The van der Waals surface area contributed by atoms with Gasteiger partial charge in [-0.1, -0.05) is 32.1 Å². The van der Waals surface area contributed by atoms with E-state index in [1.54, 1.807) is 0 Å². The second-order valence-corrected chi connectivity index (χ2v) is 2.72. The van der Waals surface area contributed by atoms with Crippen molar-refractivity contribution in [1.82, 2.24) is 5.32 Å². The fourth-order valence-corrected chi connectivity index (χ4v) is 0.895. The zero-order chi connectivity index (χ0) is 10.1. The van der Waals surface area contributed by atoms with E-state index in [1.807, 2.05) is 19.1 Å². The van der Waals surface area contributed by atoms with Crippen LogP contribution in [0.4, 0.5) is 0 Å². The molecule has 0 spiro atoms. The molecule has 0 aromatic rings. The normalized spacial score (nSPS) is 14.2. The van der Waals surface area contributed by atoms with Crippen LogP contribution in [0.5, 0.6) is 0 Å². The first-order chi connectivity index (χ1) is 6.24. The van der Waals surface area contributed by atoms with Crippen molar-refractivity contribution in [1.29, 1.82) is 5.41 Å². The van der Waals surface area contributed by atoms with E-state index in [0.717, 1.165) is 12.6 Å². The Hall–Kier alpha value is -1.38. The van der Waals surface area contributed by atoms with Crippen LogP contribution in [-0.4, -0.2) is 12.6 Å². The van der Waals surface area contributed by atoms with E-state index in [9.17, 15) is 4.79 Å². The molecule has 0 aliphatic rings. The first-order valence-electron chi connectivity index (χ1n) is 4.33. The van der Waals surface area contributed by atoms with Gasteiger partial charge < -0.3 is 10.7 Å². The van der Waals surface area contributed by atoms with Crippen molar-refractivity contribution in [2.45, 2.75) is 20.3 Å². The minimum absolute atomic E-state index is 0.240. The summed E-state index contributed by atoms with van der Waals surface area (Å²) < 4.78 is 0. The van der Waals surface area contributed by atoms with E-state index in [2.05, 4.69) is 18.3 Å². The number of carbonyl (C=O) groups is 1. The summed E-state index contributed by atoms with van der Waals surface area (Å²) in [7, 11) is 0. The molecule has 1 atom stereocenters. The van der Waals surface area contributed by atoms with E-state index in [4.69, 9.17) is 5.41 Å². The number of hydrogen-bond donors (Lipinski definition) is 2. The molecule has 0 aromatic heterocycles. The molecule has 0 fully saturated rings. The van der Waals surface area contributed by atoms with Gasteiger partial charge in [-0.05, 0) is 12.3 Å². The highest BCUT2D eigenvalue weighted by atomic mass is 16.1. The lowest BCUT2D eigenvalue weighted by molar-refractivity contribution is -0.108. The lowest BCUT2D eigenvalue weighted by Crippen LogP contribution is -2.11. The van der Waals surface area contributed by atoms with Crippen molar-refractivity contribution in [2.75, 3.05) is 0 Å². The van der Waals surface area contributed by atoms with Crippen LogP contribution >= 0.6 is 0 Å². The summed E-state index contributed by atoms with van der Waals surface area (Å²) in [5, 5.41) is 9.44. The van der Waals surface area contributed by atoms with E-state index < -0.39 is 0 Å². The number of hydrogen-bond acceptors (Lipinski definition) is 2. The predicted octanol–water partition coefficient (Wildman–Crippen LogP) is 1.87. The van der Waals surface area contributed by atoms with Crippen molar-refractivity contribution in [3.8, 4) is 0 Å². The second kappa shape index (κ2) is 7.28. The van der Waals surface area contributed by atoms with Gasteiger partial charge in [0.1, 0.15) is 0 Å². The first-order valence-corrected chi connectivity index (χ1v) is 4.33. The van der Waals surface area contributed by atoms with Gasteiger partial charge >= 0.3 is 0 Å². The Morgan fingerprint density at radius 1 is 1.62 bits per heavy atom. The molecule has 13 heavy (non-hydrogen) atoms. The van der Waals surface area contributed by atoms with Gasteiger partial charge in [0.2, 0.25) is 6.41 Å². The molecule has 0 radical (unpaired) electrons. The van der Waals surface area contributed by atoms with Gasteiger partial charge in [0.05, 0.1) is 5.70 Å². The molecule has 0 aliphatic carbocycles. The number of nitrogens with one attached hydrogen (secondary N) is 2. The van der Waals surface area contributed by atoms with Crippen molar-refractivity contribution >= 4 is 12.6 Å². The van der Waals surface area contributed by atoms with Gasteiger partial charge in [-0.15, -0.1) is 0 Å². The zero-order valence-electron chi connectivity index (χ0n) is 8.08. The summed E-state index contributed by atoms with van der Waals surface area (Å²) in [4.78, 5) is 10.1. The number of rotatable bonds is 6. The molecule has 0 aromatic carbocycles. The Labute approximate surface area is 79.0 Å². The molecule has 2 N–H and O–H groups in total. The van der Waals surface area contributed by atoms with Crippen LogP contribution in [0.25, 0.3) is 0 Å². The van der Waals surface area contributed by atoms with Crippen molar-refractivity contribution in [3.05, 3.63) is 23.9 Å². The molecule has 0 bridgehead atoms. The van der Waals surface area contributed by atoms with Gasteiger partial charge in [-0.25, -0.2) is 0 Å². The molecule has 3 nitrogen and oxygen atoms in total. The molecule has 72 valence electrons. The standard InChI is InChI=1S/C10H16N2O/c1-3-4-5-9(2)6-10(7-11)12-8-13/h4-9,11H,3H2,1-2H3,(H,12,13)/b5-4-,10-6+,11-7?. The van der Waals surface area contributed by atoms with Gasteiger partial charge in [0.15, 0.2) is 0 Å². The lowest BCUT2D eigenvalue weighted by atomic mass is 10.1. The molecule has 0 saturated carbocycles. The summed E-state index contributed by atoms with van der Waals surface area (Å²) in [6.45, 7) is 4.07. The third-order valence-corrected chi connectivity index (χ3v) is 1.50. The number of allylic oxidation sites excluding steroid dienone is 4. The van der Waals surface area contributed by atoms with E-state index in [1.165, 1.54) is 0 Å².